The zero-order chi connectivity index (χ0) is 26.3. The largest absolute Gasteiger partial charge is 0.396 e. The minimum absolute atomic E-state index is 0.00605. The Hall–Kier alpha value is -0.190. The molecule has 0 aromatic heterocycles. The molecule has 4 heteroatoms. The fourth-order valence-corrected chi connectivity index (χ4v) is 12.7. The van der Waals surface area contributed by atoms with E-state index in [-0.39, 0.29) is 22.3 Å². The van der Waals surface area contributed by atoms with E-state index in [4.69, 9.17) is 0 Å². The molecule has 5 saturated carbocycles. The number of aliphatic hydroxyl groups is 2. The van der Waals surface area contributed by atoms with E-state index in [1.54, 1.807) is 0 Å². The lowest BCUT2D eigenvalue weighted by Crippen LogP contribution is -2.66. The van der Waals surface area contributed by atoms with Gasteiger partial charge in [-0.15, -0.1) is 0 Å². The molecule has 2 N–H and O–H groups in total. The van der Waals surface area contributed by atoms with Gasteiger partial charge in [-0.2, -0.15) is 0 Å². The molecule has 0 heterocycles. The third kappa shape index (κ3) is 3.51. The molecule has 0 aromatic carbocycles. The molecule has 5 aliphatic carbocycles. The van der Waals surface area contributed by atoms with Crippen LogP contribution in [-0.2, 0) is 10.8 Å². The van der Waals surface area contributed by atoms with Crippen LogP contribution in [0.15, 0.2) is 12.2 Å². The molecule has 36 heavy (non-hydrogen) atoms. The Morgan fingerprint density at radius 1 is 0.889 bits per heavy atom. The minimum Gasteiger partial charge on any atom is -0.396 e. The summed E-state index contributed by atoms with van der Waals surface area (Å²) in [5.41, 5.74) is 2.08. The molecule has 3 nitrogen and oxygen atoms in total. The van der Waals surface area contributed by atoms with Gasteiger partial charge in [0.05, 0.1) is 6.10 Å². The van der Waals surface area contributed by atoms with E-state index in [0.29, 0.717) is 58.5 Å². The van der Waals surface area contributed by atoms with Crippen molar-refractivity contribution in [3.63, 3.8) is 0 Å². The normalized spacial score (nSPS) is 52.4. The van der Waals surface area contributed by atoms with Gasteiger partial charge in [-0.3, -0.25) is 4.21 Å². The van der Waals surface area contributed by atoms with Crippen LogP contribution in [0.2, 0.25) is 0 Å². The summed E-state index contributed by atoms with van der Waals surface area (Å²) in [6.45, 7) is 19.4. The van der Waals surface area contributed by atoms with Crippen LogP contribution in [0.3, 0.4) is 0 Å². The summed E-state index contributed by atoms with van der Waals surface area (Å²) in [5, 5.41) is 21.8. The highest BCUT2D eigenvalue weighted by atomic mass is 32.2. The molecule has 206 valence electrons. The average molecular weight is 519 g/mol. The van der Waals surface area contributed by atoms with E-state index in [1.807, 2.05) is 6.92 Å². The van der Waals surface area contributed by atoms with Gasteiger partial charge in [0, 0.05) is 28.9 Å². The zero-order valence-corrected chi connectivity index (χ0v) is 24.9. The van der Waals surface area contributed by atoms with Crippen molar-refractivity contribution < 1.29 is 14.4 Å². The van der Waals surface area contributed by atoms with Crippen molar-refractivity contribution in [3.05, 3.63) is 12.2 Å². The minimum atomic E-state index is -0.819. The van der Waals surface area contributed by atoms with Gasteiger partial charge in [0.1, 0.15) is 0 Å². The number of hydrogen-bond donors (Lipinski definition) is 2. The third-order valence-electron chi connectivity index (χ3n) is 14.1. The van der Waals surface area contributed by atoms with Crippen LogP contribution in [-0.4, -0.2) is 38.6 Å². The van der Waals surface area contributed by atoms with Crippen LogP contribution in [0.4, 0.5) is 0 Å². The van der Waals surface area contributed by atoms with Gasteiger partial charge in [-0.05, 0) is 121 Å². The van der Waals surface area contributed by atoms with Crippen molar-refractivity contribution in [2.75, 3.05) is 18.1 Å². The maximum atomic E-state index is 12.5. The van der Waals surface area contributed by atoms with Gasteiger partial charge >= 0.3 is 0 Å². The van der Waals surface area contributed by atoms with Gasteiger partial charge in [-0.25, -0.2) is 0 Å². The highest BCUT2D eigenvalue weighted by Crippen LogP contribution is 2.77. The smallest absolute Gasteiger partial charge is 0.0594 e. The van der Waals surface area contributed by atoms with Gasteiger partial charge in [0.25, 0.3) is 0 Å². The van der Waals surface area contributed by atoms with Gasteiger partial charge in [-0.1, -0.05) is 53.7 Å². The molecule has 0 amide bonds. The summed E-state index contributed by atoms with van der Waals surface area (Å²) in [7, 11) is -0.819. The van der Waals surface area contributed by atoms with Crippen LogP contribution in [0, 0.1) is 56.7 Å². The predicted molar refractivity (Wildman–Crippen MR) is 150 cm³/mol. The van der Waals surface area contributed by atoms with Crippen LogP contribution in [0.25, 0.3) is 0 Å². The number of aliphatic hydroxyl groups excluding tert-OH is 2. The third-order valence-corrected chi connectivity index (χ3v) is 15.4. The molecule has 0 spiro atoms. The van der Waals surface area contributed by atoms with Crippen molar-refractivity contribution in [1.82, 2.24) is 0 Å². The van der Waals surface area contributed by atoms with Gasteiger partial charge in [0.2, 0.25) is 0 Å². The highest BCUT2D eigenvalue weighted by Gasteiger charge is 2.70. The molecule has 0 bridgehead atoms. The average Bonchev–Trinajstić information content (AvgIpc) is 3.22. The Bertz CT molecular complexity index is 913. The molecule has 5 fully saturated rings. The fourth-order valence-electron chi connectivity index (χ4n) is 11.9. The van der Waals surface area contributed by atoms with Crippen LogP contribution < -0.4 is 0 Å². The van der Waals surface area contributed by atoms with Crippen LogP contribution in [0.1, 0.15) is 106 Å². The monoisotopic (exact) mass is 518 g/mol. The maximum absolute atomic E-state index is 12.5. The second-order valence-electron chi connectivity index (χ2n) is 15.3. The lowest BCUT2D eigenvalue weighted by Gasteiger charge is -2.73. The Balaban J connectivity index is 1.51. The second kappa shape index (κ2) is 8.91. The summed E-state index contributed by atoms with van der Waals surface area (Å²) in [4.78, 5) is 0. The number of hydrogen-bond acceptors (Lipinski definition) is 3. The van der Waals surface area contributed by atoms with E-state index in [1.165, 1.54) is 37.7 Å². The van der Waals surface area contributed by atoms with E-state index in [9.17, 15) is 14.4 Å². The first-order valence-corrected chi connectivity index (χ1v) is 16.6. The lowest BCUT2D eigenvalue weighted by molar-refractivity contribution is -0.249. The lowest BCUT2D eigenvalue weighted by atomic mass is 9.32. The molecule has 11 atom stereocenters. The van der Waals surface area contributed by atoms with E-state index < -0.39 is 10.8 Å². The van der Waals surface area contributed by atoms with Crippen molar-refractivity contribution in [3.8, 4) is 0 Å². The van der Waals surface area contributed by atoms with E-state index in [2.05, 4.69) is 41.2 Å². The zero-order valence-electron chi connectivity index (χ0n) is 24.1. The number of fused-ring (bicyclic) bond motifs is 7. The summed E-state index contributed by atoms with van der Waals surface area (Å²) in [5.74, 6) is 4.14. The SMILES string of the molecule is C=C(CS(=O)CC)[C@@H]1CC[C@]2(CO)CC[C@]3(C)[C@H](CC[C@@H]4[C@@]5(C)CC[C@H](O)C(C)(C)[C@@H]5CC[C@]43C)[C@@H]12. The Morgan fingerprint density at radius 3 is 2.28 bits per heavy atom. The molecular formula is C32H54O3S. The topological polar surface area (TPSA) is 57.5 Å². The Kier molecular flexibility index (Phi) is 6.78. The molecule has 5 rings (SSSR count). The van der Waals surface area contributed by atoms with Crippen molar-refractivity contribution >= 4 is 10.8 Å². The molecular weight excluding hydrogens is 464 g/mol. The van der Waals surface area contributed by atoms with Crippen LogP contribution in [0.5, 0.6) is 0 Å². The summed E-state index contributed by atoms with van der Waals surface area (Å²) >= 11 is 0. The molecule has 0 aliphatic heterocycles. The van der Waals surface area contributed by atoms with Gasteiger partial charge < -0.3 is 10.2 Å². The van der Waals surface area contributed by atoms with E-state index >= 15 is 0 Å². The first kappa shape index (κ1) is 27.4. The quantitative estimate of drug-likeness (QED) is 0.396. The molecule has 5 aliphatic rings. The van der Waals surface area contributed by atoms with Crippen molar-refractivity contribution in [2.24, 2.45) is 56.7 Å². The van der Waals surface area contributed by atoms with Gasteiger partial charge in [0.15, 0.2) is 0 Å². The first-order valence-electron chi connectivity index (χ1n) is 15.1. The summed E-state index contributed by atoms with van der Waals surface area (Å²) < 4.78 is 12.5. The molecule has 0 saturated heterocycles. The Morgan fingerprint density at radius 2 is 1.61 bits per heavy atom. The fraction of sp³-hybridized carbons (Fsp3) is 0.938. The van der Waals surface area contributed by atoms with Crippen molar-refractivity contribution in [2.45, 2.75) is 112 Å². The molecule has 0 radical (unpaired) electrons. The summed E-state index contributed by atoms with van der Waals surface area (Å²) in [6.07, 6.45) is 11.6. The Labute approximate surface area is 223 Å². The maximum Gasteiger partial charge on any atom is 0.0594 e. The summed E-state index contributed by atoms with van der Waals surface area (Å²) in [6, 6.07) is 0. The number of rotatable bonds is 5. The second-order valence-corrected chi connectivity index (χ2v) is 17.0. The highest BCUT2D eigenvalue weighted by molar-refractivity contribution is 7.85. The predicted octanol–water partition coefficient (Wildman–Crippen LogP) is 6.75. The van der Waals surface area contributed by atoms with Crippen molar-refractivity contribution in [1.29, 1.82) is 0 Å². The molecule has 0 aromatic rings. The standard InChI is InChI=1S/C32H54O3S/c1-8-36(35)19-21(2)22-11-16-32(20-33)18-17-30(6)23(27(22)32)9-10-25-29(5)14-13-26(34)28(3,4)24(29)12-15-31(25,30)7/h22-27,33-34H,2,8-20H2,1,3-7H3/t22-,23+,24-,25+,26-,27+,29-,30+,31+,32+,36?/m0/s1. The first-order chi connectivity index (χ1) is 16.8. The molecule has 1 unspecified atom stereocenters. The van der Waals surface area contributed by atoms with Crippen LogP contribution >= 0.6 is 0 Å². The van der Waals surface area contributed by atoms with E-state index in [0.717, 1.165) is 32.1 Å².